The summed E-state index contributed by atoms with van der Waals surface area (Å²) in [7, 11) is 3.97. The second kappa shape index (κ2) is 5.96. The quantitative estimate of drug-likeness (QED) is 0.678. The van der Waals surface area contributed by atoms with Gasteiger partial charge in [0.15, 0.2) is 0 Å². The molecule has 0 amide bonds. The minimum absolute atomic E-state index is 0. The number of rotatable bonds is 3. The standard InChI is InChI=1S/C7H17NO.ClH/c1-6(2)7(5-9)8(3)4;/h6-7,9H,5H2,1-4H3;1H/t7-;/m0./s1. The van der Waals surface area contributed by atoms with Crippen molar-refractivity contribution in [1.29, 1.82) is 0 Å². The van der Waals surface area contributed by atoms with E-state index in [1.54, 1.807) is 0 Å². The minimum atomic E-state index is 0. The molecule has 0 unspecified atom stereocenters. The molecule has 64 valence electrons. The Morgan fingerprint density at radius 3 is 1.70 bits per heavy atom. The molecule has 0 bridgehead atoms. The first-order chi connectivity index (χ1) is 4.09. The third-order valence-electron chi connectivity index (χ3n) is 1.62. The molecule has 0 fully saturated rings. The fourth-order valence-corrected chi connectivity index (χ4v) is 0.970. The Morgan fingerprint density at radius 1 is 1.30 bits per heavy atom. The highest BCUT2D eigenvalue weighted by Crippen LogP contribution is 2.05. The molecule has 1 N–H and O–H groups in total. The molecule has 0 spiro atoms. The fraction of sp³-hybridized carbons (Fsp3) is 1.00. The van der Waals surface area contributed by atoms with E-state index in [9.17, 15) is 0 Å². The zero-order valence-electron chi connectivity index (χ0n) is 7.16. The molecule has 0 rings (SSSR count). The summed E-state index contributed by atoms with van der Waals surface area (Å²) in [6, 6.07) is 0.310. The molecule has 0 aliphatic carbocycles. The molecular weight excluding hydrogens is 150 g/mol. The van der Waals surface area contributed by atoms with Crippen molar-refractivity contribution >= 4 is 12.4 Å². The van der Waals surface area contributed by atoms with Crippen molar-refractivity contribution in [3.05, 3.63) is 0 Å². The molecule has 0 heterocycles. The van der Waals surface area contributed by atoms with Crippen LogP contribution in [0.15, 0.2) is 0 Å². The van der Waals surface area contributed by atoms with Crippen molar-refractivity contribution < 1.29 is 5.11 Å². The number of hydrogen-bond acceptors (Lipinski definition) is 2. The van der Waals surface area contributed by atoms with E-state index in [0.29, 0.717) is 12.0 Å². The van der Waals surface area contributed by atoms with Gasteiger partial charge in [-0.2, -0.15) is 0 Å². The summed E-state index contributed by atoms with van der Waals surface area (Å²) in [5, 5.41) is 8.83. The van der Waals surface area contributed by atoms with Gasteiger partial charge in [-0.25, -0.2) is 0 Å². The van der Waals surface area contributed by atoms with Gasteiger partial charge in [-0.15, -0.1) is 12.4 Å². The van der Waals surface area contributed by atoms with E-state index >= 15 is 0 Å². The molecule has 0 saturated carbocycles. The number of likely N-dealkylation sites (N-methyl/N-ethyl adjacent to an activating group) is 1. The maximum absolute atomic E-state index is 8.83. The van der Waals surface area contributed by atoms with Gasteiger partial charge in [-0.05, 0) is 20.0 Å². The van der Waals surface area contributed by atoms with Crippen molar-refractivity contribution in [1.82, 2.24) is 4.90 Å². The summed E-state index contributed by atoms with van der Waals surface area (Å²) in [6.07, 6.45) is 0. The van der Waals surface area contributed by atoms with Gasteiger partial charge in [-0.3, -0.25) is 0 Å². The first-order valence-corrected chi connectivity index (χ1v) is 3.37. The van der Waals surface area contributed by atoms with Gasteiger partial charge in [-0.1, -0.05) is 13.8 Å². The Bertz CT molecular complexity index is 68.0. The summed E-state index contributed by atoms with van der Waals surface area (Å²) in [5.41, 5.74) is 0. The Kier molecular flexibility index (Phi) is 7.65. The third kappa shape index (κ3) is 4.09. The van der Waals surface area contributed by atoms with Crippen molar-refractivity contribution in [2.45, 2.75) is 19.9 Å². The summed E-state index contributed by atoms with van der Waals surface area (Å²) in [4.78, 5) is 2.05. The number of aliphatic hydroxyl groups excluding tert-OH is 1. The maximum atomic E-state index is 8.83. The minimum Gasteiger partial charge on any atom is -0.395 e. The van der Waals surface area contributed by atoms with E-state index in [4.69, 9.17) is 5.11 Å². The SMILES string of the molecule is CC(C)[C@H](CO)N(C)C.Cl. The monoisotopic (exact) mass is 167 g/mol. The molecule has 0 radical (unpaired) electrons. The van der Waals surface area contributed by atoms with Gasteiger partial charge in [0, 0.05) is 6.04 Å². The molecule has 2 nitrogen and oxygen atoms in total. The number of halogens is 1. The average Bonchev–Trinajstić information content (AvgIpc) is 1.64. The lowest BCUT2D eigenvalue weighted by Crippen LogP contribution is -2.35. The van der Waals surface area contributed by atoms with Gasteiger partial charge in [0.25, 0.3) is 0 Å². The predicted molar refractivity (Wildman–Crippen MR) is 46.6 cm³/mol. The summed E-state index contributed by atoms with van der Waals surface area (Å²) in [5.74, 6) is 0.532. The number of hydrogen-bond donors (Lipinski definition) is 1. The Labute approximate surface area is 69.6 Å². The Balaban J connectivity index is 0. The van der Waals surface area contributed by atoms with E-state index in [-0.39, 0.29) is 19.0 Å². The molecule has 0 aliphatic rings. The first kappa shape index (κ1) is 12.8. The van der Waals surface area contributed by atoms with Crippen LogP contribution in [0, 0.1) is 5.92 Å². The molecule has 0 saturated heterocycles. The van der Waals surface area contributed by atoms with E-state index in [0.717, 1.165) is 0 Å². The van der Waals surface area contributed by atoms with Crippen LogP contribution < -0.4 is 0 Å². The highest BCUT2D eigenvalue weighted by atomic mass is 35.5. The number of nitrogens with zero attached hydrogens (tertiary/aromatic N) is 1. The molecule has 3 heteroatoms. The fourth-order valence-electron chi connectivity index (χ4n) is 0.970. The average molecular weight is 168 g/mol. The van der Waals surface area contributed by atoms with Gasteiger partial charge in [0.05, 0.1) is 6.61 Å². The maximum Gasteiger partial charge on any atom is 0.0589 e. The van der Waals surface area contributed by atoms with Crippen molar-refractivity contribution in [2.24, 2.45) is 5.92 Å². The van der Waals surface area contributed by atoms with Crippen LogP contribution in [0.4, 0.5) is 0 Å². The lowest BCUT2D eigenvalue weighted by Gasteiger charge is -2.25. The third-order valence-corrected chi connectivity index (χ3v) is 1.62. The molecular formula is C7H18ClNO. The van der Waals surface area contributed by atoms with Crippen LogP contribution >= 0.6 is 12.4 Å². The first-order valence-electron chi connectivity index (χ1n) is 3.37. The lowest BCUT2D eigenvalue weighted by atomic mass is 10.1. The topological polar surface area (TPSA) is 23.5 Å². The van der Waals surface area contributed by atoms with Gasteiger partial charge >= 0.3 is 0 Å². The highest BCUT2D eigenvalue weighted by molar-refractivity contribution is 5.85. The van der Waals surface area contributed by atoms with Crippen molar-refractivity contribution in [3.63, 3.8) is 0 Å². The normalized spacial score (nSPS) is 13.5. The molecule has 0 aromatic rings. The largest absolute Gasteiger partial charge is 0.395 e. The Morgan fingerprint density at radius 2 is 1.70 bits per heavy atom. The van der Waals surface area contributed by atoms with Crippen molar-refractivity contribution in [2.75, 3.05) is 20.7 Å². The molecule has 1 atom stereocenters. The van der Waals surface area contributed by atoms with Crippen LogP contribution in [-0.4, -0.2) is 36.8 Å². The van der Waals surface area contributed by atoms with Crippen LogP contribution in [0.3, 0.4) is 0 Å². The summed E-state index contributed by atoms with van der Waals surface area (Å²) >= 11 is 0. The lowest BCUT2D eigenvalue weighted by molar-refractivity contribution is 0.134. The van der Waals surface area contributed by atoms with E-state index in [1.807, 2.05) is 19.0 Å². The summed E-state index contributed by atoms with van der Waals surface area (Å²) < 4.78 is 0. The van der Waals surface area contributed by atoms with Crippen LogP contribution in [0.1, 0.15) is 13.8 Å². The zero-order chi connectivity index (χ0) is 7.44. The smallest absolute Gasteiger partial charge is 0.0589 e. The van der Waals surface area contributed by atoms with Crippen LogP contribution in [0.5, 0.6) is 0 Å². The van der Waals surface area contributed by atoms with Gasteiger partial charge in [0.2, 0.25) is 0 Å². The van der Waals surface area contributed by atoms with Crippen LogP contribution in [0.25, 0.3) is 0 Å². The van der Waals surface area contributed by atoms with Gasteiger partial charge < -0.3 is 10.0 Å². The summed E-state index contributed by atoms with van der Waals surface area (Å²) in [6.45, 7) is 4.48. The second-order valence-corrected chi connectivity index (χ2v) is 2.96. The number of aliphatic hydroxyl groups is 1. The van der Waals surface area contributed by atoms with Crippen molar-refractivity contribution in [3.8, 4) is 0 Å². The predicted octanol–water partition coefficient (Wildman–Crippen LogP) is 0.987. The van der Waals surface area contributed by atoms with E-state index in [2.05, 4.69) is 13.8 Å². The second-order valence-electron chi connectivity index (χ2n) is 2.96. The molecule has 10 heavy (non-hydrogen) atoms. The van der Waals surface area contributed by atoms with E-state index in [1.165, 1.54) is 0 Å². The molecule has 0 aromatic carbocycles. The Hall–Kier alpha value is 0.210. The molecule has 0 aromatic heterocycles. The van der Waals surface area contributed by atoms with E-state index < -0.39 is 0 Å². The molecule has 0 aliphatic heterocycles. The highest BCUT2D eigenvalue weighted by Gasteiger charge is 2.12. The van der Waals surface area contributed by atoms with Gasteiger partial charge in [0.1, 0.15) is 0 Å². The zero-order valence-corrected chi connectivity index (χ0v) is 7.98. The van der Waals surface area contributed by atoms with Crippen LogP contribution in [0.2, 0.25) is 0 Å². The van der Waals surface area contributed by atoms with Crippen LogP contribution in [-0.2, 0) is 0 Å².